The molecule has 0 radical (unpaired) electrons. The highest BCUT2D eigenvalue weighted by Crippen LogP contribution is 2.29. The van der Waals surface area contributed by atoms with Crippen molar-refractivity contribution in [2.75, 3.05) is 0 Å². The van der Waals surface area contributed by atoms with E-state index in [2.05, 4.69) is 89.2 Å². The van der Waals surface area contributed by atoms with Crippen molar-refractivity contribution in [3.05, 3.63) is 108 Å². The molecule has 0 bridgehead atoms. The average molecular weight is 704 g/mol. The summed E-state index contributed by atoms with van der Waals surface area (Å²) in [6.45, 7) is 0.406. The molecule has 5 aromatic rings. The lowest BCUT2D eigenvalue weighted by Gasteiger charge is -2.11. The van der Waals surface area contributed by atoms with Crippen molar-refractivity contribution < 1.29 is 13.9 Å². The van der Waals surface area contributed by atoms with Crippen LogP contribution in [-0.4, -0.2) is 12.1 Å². The van der Waals surface area contributed by atoms with Crippen LogP contribution >= 0.6 is 54.5 Å². The average Bonchev–Trinajstić information content (AvgIpc) is 3.28. The summed E-state index contributed by atoms with van der Waals surface area (Å²) in [5, 5.41) is 7.30. The van der Waals surface area contributed by atoms with Crippen LogP contribution in [0.5, 0.6) is 5.75 Å². The second kappa shape index (κ2) is 10.5. The van der Waals surface area contributed by atoms with Gasteiger partial charge < -0.3 is 9.15 Å². The van der Waals surface area contributed by atoms with Crippen LogP contribution in [0.25, 0.3) is 21.7 Å². The molecule has 1 heterocycles. The van der Waals surface area contributed by atoms with E-state index in [-0.39, 0.29) is 5.76 Å². The fourth-order valence-corrected chi connectivity index (χ4v) is 5.77. The summed E-state index contributed by atoms with van der Waals surface area (Å²) < 4.78 is 14.6. The number of hydrogen-bond donors (Lipinski definition) is 1. The predicted molar refractivity (Wildman–Crippen MR) is 154 cm³/mol. The molecule has 5 rings (SSSR count). The number of rotatable bonds is 6. The van der Waals surface area contributed by atoms with Crippen molar-refractivity contribution in [3.8, 4) is 5.75 Å². The molecule has 0 fully saturated rings. The Morgan fingerprint density at radius 2 is 1.80 bits per heavy atom. The van der Waals surface area contributed by atoms with Crippen molar-refractivity contribution in [1.29, 1.82) is 0 Å². The summed E-state index contributed by atoms with van der Waals surface area (Å²) in [7, 11) is 0. The molecule has 1 N–H and O–H groups in total. The molecular weight excluding hydrogens is 687 g/mol. The monoisotopic (exact) mass is 702 g/mol. The number of halogens is 3. The van der Waals surface area contributed by atoms with Crippen molar-refractivity contribution in [1.82, 2.24) is 5.43 Å². The van der Waals surface area contributed by atoms with Gasteiger partial charge in [-0.15, -0.1) is 0 Å². The molecule has 0 saturated carbocycles. The smallest absolute Gasteiger partial charge is 0.307 e. The van der Waals surface area contributed by atoms with Crippen LogP contribution in [0.15, 0.2) is 97.3 Å². The second-order valence-corrected chi connectivity index (χ2v) is 10.7. The molecule has 0 atom stereocenters. The Morgan fingerprint density at radius 1 is 0.971 bits per heavy atom. The van der Waals surface area contributed by atoms with Crippen molar-refractivity contribution in [3.63, 3.8) is 0 Å². The van der Waals surface area contributed by atoms with Crippen LogP contribution in [0, 0.1) is 3.57 Å². The topological polar surface area (TPSA) is 63.8 Å². The van der Waals surface area contributed by atoms with E-state index < -0.39 is 5.91 Å². The lowest BCUT2D eigenvalue weighted by molar-refractivity contribution is 0.0929. The highest BCUT2D eigenvalue weighted by atomic mass is 127. The number of carbonyl (C=O) groups is 1. The molecule has 1 aromatic heterocycles. The SMILES string of the molecule is O=C(N/N=C\c1cc(Br)ccc1OCc1cccc2ccccc12)c1cc2cc(Br)cc(I)c2o1. The number of benzene rings is 4. The van der Waals surface area contributed by atoms with E-state index in [1.807, 2.05) is 48.5 Å². The van der Waals surface area contributed by atoms with E-state index in [0.29, 0.717) is 17.9 Å². The Kier molecular flexibility index (Phi) is 7.22. The first kappa shape index (κ1) is 24.0. The lowest BCUT2D eigenvalue weighted by atomic mass is 10.1. The van der Waals surface area contributed by atoms with Crippen LogP contribution in [0.3, 0.4) is 0 Å². The number of fused-ring (bicyclic) bond motifs is 2. The fourth-order valence-electron chi connectivity index (χ4n) is 3.73. The number of nitrogens with zero attached hydrogens (tertiary/aromatic N) is 1. The van der Waals surface area contributed by atoms with Gasteiger partial charge in [0.05, 0.1) is 9.78 Å². The van der Waals surface area contributed by atoms with Gasteiger partial charge in [-0.25, -0.2) is 5.43 Å². The third-order valence-corrected chi connectivity index (χ3v) is 7.12. The summed E-state index contributed by atoms with van der Waals surface area (Å²) >= 11 is 9.13. The Labute approximate surface area is 231 Å². The molecule has 5 nitrogen and oxygen atoms in total. The van der Waals surface area contributed by atoms with Crippen LogP contribution < -0.4 is 10.2 Å². The maximum absolute atomic E-state index is 12.6. The summed E-state index contributed by atoms with van der Waals surface area (Å²) in [5.74, 6) is 0.412. The Balaban J connectivity index is 1.32. The van der Waals surface area contributed by atoms with Gasteiger partial charge in [-0.05, 0) is 75.3 Å². The Bertz CT molecular complexity index is 1590. The lowest BCUT2D eigenvalue weighted by Crippen LogP contribution is -2.16. The molecule has 35 heavy (non-hydrogen) atoms. The van der Waals surface area contributed by atoms with E-state index >= 15 is 0 Å². The van der Waals surface area contributed by atoms with Crippen LogP contribution in [0.4, 0.5) is 0 Å². The maximum Gasteiger partial charge on any atom is 0.307 e. The standard InChI is InChI=1S/C27H17Br2IN2O3/c28-20-8-9-24(34-15-17-6-3-5-16-4-1-2-7-22(16)17)19(11-20)14-31-32-27(33)25-12-18-10-21(29)13-23(30)26(18)35-25/h1-14H,15H2,(H,32,33)/b31-14-. The van der Waals surface area contributed by atoms with E-state index in [1.54, 1.807) is 12.3 Å². The molecule has 0 aliphatic rings. The first-order chi connectivity index (χ1) is 17.0. The van der Waals surface area contributed by atoms with Crippen LogP contribution in [0.1, 0.15) is 21.7 Å². The van der Waals surface area contributed by atoms with Crippen molar-refractivity contribution >= 4 is 88.3 Å². The van der Waals surface area contributed by atoms with Gasteiger partial charge in [0.15, 0.2) is 5.76 Å². The number of nitrogens with one attached hydrogen (secondary N) is 1. The predicted octanol–water partition coefficient (Wildman–Crippen LogP) is 8.06. The Morgan fingerprint density at radius 3 is 2.69 bits per heavy atom. The number of hydrogen-bond acceptors (Lipinski definition) is 4. The maximum atomic E-state index is 12.6. The molecule has 174 valence electrons. The van der Waals surface area contributed by atoms with Gasteiger partial charge in [-0.3, -0.25) is 4.79 Å². The number of amides is 1. The highest BCUT2D eigenvalue weighted by Gasteiger charge is 2.14. The van der Waals surface area contributed by atoms with Gasteiger partial charge >= 0.3 is 5.91 Å². The number of furan rings is 1. The summed E-state index contributed by atoms with van der Waals surface area (Å²) in [6, 6.07) is 25.6. The molecule has 0 unspecified atom stereocenters. The second-order valence-electron chi connectivity index (χ2n) is 7.72. The van der Waals surface area contributed by atoms with Gasteiger partial charge in [0.25, 0.3) is 0 Å². The van der Waals surface area contributed by atoms with Gasteiger partial charge in [0.2, 0.25) is 0 Å². The van der Waals surface area contributed by atoms with Gasteiger partial charge in [-0.1, -0.05) is 74.3 Å². The Hall–Kier alpha value is -2.69. The van der Waals surface area contributed by atoms with E-state index in [9.17, 15) is 4.79 Å². The normalized spacial score (nSPS) is 11.4. The third kappa shape index (κ3) is 5.44. The number of ether oxygens (including phenoxy) is 1. The first-order valence-corrected chi connectivity index (χ1v) is 13.3. The molecule has 4 aromatic carbocycles. The fraction of sp³-hybridized carbons (Fsp3) is 0.0370. The zero-order valence-corrected chi connectivity index (χ0v) is 23.4. The first-order valence-electron chi connectivity index (χ1n) is 10.6. The van der Waals surface area contributed by atoms with Crippen LogP contribution in [0.2, 0.25) is 0 Å². The number of carbonyl (C=O) groups excluding carboxylic acids is 1. The van der Waals surface area contributed by atoms with Gasteiger partial charge in [0.1, 0.15) is 17.9 Å². The zero-order valence-electron chi connectivity index (χ0n) is 18.1. The minimum Gasteiger partial charge on any atom is -0.488 e. The third-order valence-electron chi connectivity index (χ3n) is 5.36. The largest absolute Gasteiger partial charge is 0.488 e. The molecule has 1 amide bonds. The van der Waals surface area contributed by atoms with Gasteiger partial charge in [-0.2, -0.15) is 5.10 Å². The van der Waals surface area contributed by atoms with E-state index in [4.69, 9.17) is 9.15 Å². The summed E-state index contributed by atoms with van der Waals surface area (Å²) in [5.41, 5.74) is 5.02. The molecule has 0 aliphatic carbocycles. The minimum atomic E-state index is -0.433. The van der Waals surface area contributed by atoms with Crippen molar-refractivity contribution in [2.45, 2.75) is 6.61 Å². The van der Waals surface area contributed by atoms with Gasteiger partial charge in [0, 0.05) is 19.9 Å². The molecular formula is C27H17Br2IN2O3. The summed E-state index contributed by atoms with van der Waals surface area (Å²) in [6.07, 6.45) is 1.56. The quantitative estimate of drug-likeness (QED) is 0.111. The van der Waals surface area contributed by atoms with Crippen molar-refractivity contribution in [2.24, 2.45) is 5.10 Å². The summed E-state index contributed by atoms with van der Waals surface area (Å²) in [4.78, 5) is 12.6. The van der Waals surface area contributed by atoms with Crippen LogP contribution in [-0.2, 0) is 6.61 Å². The minimum absolute atomic E-state index is 0.190. The molecule has 8 heteroatoms. The zero-order chi connectivity index (χ0) is 24.4. The molecule has 0 spiro atoms. The highest BCUT2D eigenvalue weighted by molar-refractivity contribution is 14.1. The molecule has 0 saturated heterocycles. The van der Waals surface area contributed by atoms with E-state index in [1.165, 1.54) is 5.39 Å². The molecule has 0 aliphatic heterocycles. The van der Waals surface area contributed by atoms with E-state index in [0.717, 1.165) is 34.4 Å². The number of hydrazone groups is 1.